The van der Waals surface area contributed by atoms with E-state index in [1.54, 1.807) is 0 Å². The summed E-state index contributed by atoms with van der Waals surface area (Å²) >= 11 is 0. The van der Waals surface area contributed by atoms with Gasteiger partial charge < -0.3 is 5.11 Å². The molecule has 0 aromatic carbocycles. The smallest absolute Gasteiger partial charge is 0.0622 e. The highest BCUT2D eigenvalue weighted by atomic mass is 16.3. The third-order valence-corrected chi connectivity index (χ3v) is 4.92. The quantitative estimate of drug-likeness (QED) is 0.607. The molecule has 0 radical (unpaired) electrons. The molecule has 1 N–H and O–H groups in total. The predicted molar refractivity (Wildman–Crippen MR) is 52.3 cm³/mol. The topological polar surface area (TPSA) is 20.2 Å². The van der Waals surface area contributed by atoms with Gasteiger partial charge in [-0.05, 0) is 54.8 Å². The van der Waals surface area contributed by atoms with Crippen LogP contribution in [0.25, 0.3) is 0 Å². The van der Waals surface area contributed by atoms with Gasteiger partial charge in [0.25, 0.3) is 0 Å². The minimum absolute atomic E-state index is 0.0112. The molecule has 0 aromatic heterocycles. The molecule has 74 valence electrons. The van der Waals surface area contributed by atoms with Crippen LogP contribution in [-0.4, -0.2) is 11.2 Å². The maximum absolute atomic E-state index is 10.2. The van der Waals surface area contributed by atoms with Gasteiger partial charge in [-0.25, -0.2) is 0 Å². The molecule has 4 aliphatic carbocycles. The summed E-state index contributed by atoms with van der Waals surface area (Å²) in [5.74, 6) is 1.57. The summed E-state index contributed by atoms with van der Waals surface area (Å²) in [4.78, 5) is 0. The van der Waals surface area contributed by atoms with Crippen LogP contribution in [0, 0.1) is 22.7 Å². The van der Waals surface area contributed by atoms with Gasteiger partial charge in [0.2, 0.25) is 0 Å². The highest BCUT2D eigenvalue weighted by Crippen LogP contribution is 2.64. The molecule has 4 bridgehead atoms. The van der Waals surface area contributed by atoms with Gasteiger partial charge in [0.05, 0.1) is 6.10 Å². The molecular weight excluding hydrogens is 160 g/mol. The van der Waals surface area contributed by atoms with Crippen LogP contribution in [0.2, 0.25) is 0 Å². The van der Waals surface area contributed by atoms with Gasteiger partial charge in [-0.3, -0.25) is 0 Å². The van der Waals surface area contributed by atoms with E-state index in [-0.39, 0.29) is 11.5 Å². The molecule has 0 heterocycles. The van der Waals surface area contributed by atoms with Crippen LogP contribution in [0.15, 0.2) is 0 Å². The number of hydrogen-bond donors (Lipinski definition) is 1. The third-order valence-electron chi connectivity index (χ3n) is 4.92. The van der Waals surface area contributed by atoms with E-state index < -0.39 is 0 Å². The highest BCUT2D eigenvalue weighted by molar-refractivity contribution is 5.08. The van der Waals surface area contributed by atoms with Gasteiger partial charge in [0, 0.05) is 0 Å². The molecule has 0 aliphatic heterocycles. The van der Waals surface area contributed by atoms with Crippen molar-refractivity contribution < 1.29 is 5.11 Å². The standard InChI is InChI=1S/C12H20O/c1-11-4-8-3-9(6-11)10(13)12(2,5-8)7-11/h8-10,13H,3-7H2,1-2H3/t8-,9-,10+,11-,12+/m1/s1. The zero-order chi connectivity index (χ0) is 9.27. The second kappa shape index (κ2) is 2.13. The van der Waals surface area contributed by atoms with Crippen molar-refractivity contribution in [3.8, 4) is 0 Å². The van der Waals surface area contributed by atoms with Crippen molar-refractivity contribution in [2.24, 2.45) is 22.7 Å². The largest absolute Gasteiger partial charge is 0.392 e. The van der Waals surface area contributed by atoms with E-state index in [2.05, 4.69) is 13.8 Å². The van der Waals surface area contributed by atoms with Crippen molar-refractivity contribution in [2.75, 3.05) is 0 Å². The zero-order valence-corrected chi connectivity index (χ0v) is 8.71. The summed E-state index contributed by atoms with van der Waals surface area (Å²) in [7, 11) is 0. The monoisotopic (exact) mass is 180 g/mol. The summed E-state index contributed by atoms with van der Waals surface area (Å²) in [6.07, 6.45) is 6.62. The second-order valence-electron chi connectivity index (χ2n) is 6.56. The van der Waals surface area contributed by atoms with Crippen molar-refractivity contribution in [3.63, 3.8) is 0 Å². The minimum Gasteiger partial charge on any atom is -0.392 e. The van der Waals surface area contributed by atoms with Gasteiger partial charge in [-0.1, -0.05) is 13.8 Å². The lowest BCUT2D eigenvalue weighted by molar-refractivity contribution is -0.176. The first-order valence-electron chi connectivity index (χ1n) is 5.69. The molecule has 0 saturated heterocycles. The van der Waals surface area contributed by atoms with Crippen LogP contribution >= 0.6 is 0 Å². The van der Waals surface area contributed by atoms with E-state index >= 15 is 0 Å². The molecule has 0 amide bonds. The van der Waals surface area contributed by atoms with Gasteiger partial charge in [-0.15, -0.1) is 0 Å². The molecule has 4 saturated carbocycles. The average Bonchev–Trinajstić information content (AvgIpc) is 1.96. The Morgan fingerprint density at radius 2 is 1.92 bits per heavy atom. The molecule has 1 heteroatoms. The van der Waals surface area contributed by atoms with Gasteiger partial charge in [-0.2, -0.15) is 0 Å². The lowest BCUT2D eigenvalue weighted by atomic mass is 9.44. The molecule has 0 aromatic rings. The summed E-state index contributed by atoms with van der Waals surface area (Å²) in [5, 5.41) is 10.2. The van der Waals surface area contributed by atoms with Crippen molar-refractivity contribution >= 4 is 0 Å². The SMILES string of the molecule is C[C@@]12C[C@H]3C[C@H](C1)[C@H](O)[C@@](C)(C3)C2. The fraction of sp³-hybridized carbons (Fsp3) is 1.00. The van der Waals surface area contributed by atoms with Gasteiger partial charge in [0.1, 0.15) is 0 Å². The molecule has 13 heavy (non-hydrogen) atoms. The third kappa shape index (κ3) is 0.971. The van der Waals surface area contributed by atoms with Crippen molar-refractivity contribution in [2.45, 2.75) is 52.1 Å². The van der Waals surface area contributed by atoms with Crippen LogP contribution in [0.1, 0.15) is 46.0 Å². The summed E-state index contributed by atoms with van der Waals surface area (Å²) < 4.78 is 0. The van der Waals surface area contributed by atoms with Crippen molar-refractivity contribution in [1.82, 2.24) is 0 Å². The molecule has 0 unspecified atom stereocenters. The molecule has 4 aliphatic rings. The van der Waals surface area contributed by atoms with E-state index in [4.69, 9.17) is 0 Å². The summed E-state index contributed by atoms with van der Waals surface area (Å²) in [5.41, 5.74) is 0.860. The Kier molecular flexibility index (Phi) is 1.36. The fourth-order valence-electron chi connectivity index (χ4n) is 5.05. The maximum atomic E-state index is 10.2. The Morgan fingerprint density at radius 1 is 1.15 bits per heavy atom. The van der Waals surface area contributed by atoms with E-state index in [1.807, 2.05) is 0 Å². The van der Waals surface area contributed by atoms with E-state index in [0.717, 1.165) is 5.92 Å². The Hall–Kier alpha value is -0.0400. The van der Waals surface area contributed by atoms with E-state index in [1.165, 1.54) is 32.1 Å². The fourth-order valence-corrected chi connectivity index (χ4v) is 5.05. The Labute approximate surface area is 80.5 Å². The highest BCUT2D eigenvalue weighted by Gasteiger charge is 2.58. The number of aliphatic hydroxyl groups excluding tert-OH is 1. The van der Waals surface area contributed by atoms with Crippen LogP contribution in [0.4, 0.5) is 0 Å². The summed E-state index contributed by atoms with van der Waals surface area (Å²) in [6, 6.07) is 0. The number of aliphatic hydroxyl groups is 1. The average molecular weight is 180 g/mol. The zero-order valence-electron chi connectivity index (χ0n) is 8.71. The second-order valence-corrected chi connectivity index (χ2v) is 6.56. The Bertz CT molecular complexity index is 250. The van der Waals surface area contributed by atoms with Gasteiger partial charge >= 0.3 is 0 Å². The first kappa shape index (κ1) is 8.28. The number of rotatable bonds is 0. The molecular formula is C12H20O. The van der Waals surface area contributed by atoms with Gasteiger partial charge in [0.15, 0.2) is 0 Å². The Morgan fingerprint density at radius 3 is 2.54 bits per heavy atom. The van der Waals surface area contributed by atoms with Crippen LogP contribution in [0.3, 0.4) is 0 Å². The lowest BCUT2D eigenvalue weighted by Gasteiger charge is -2.62. The first-order valence-corrected chi connectivity index (χ1v) is 5.69. The molecule has 4 fully saturated rings. The summed E-state index contributed by atoms with van der Waals surface area (Å²) in [6.45, 7) is 4.75. The molecule has 0 spiro atoms. The normalized spacial score (nSPS) is 64.4. The van der Waals surface area contributed by atoms with E-state index in [9.17, 15) is 5.11 Å². The van der Waals surface area contributed by atoms with Crippen LogP contribution in [-0.2, 0) is 0 Å². The van der Waals surface area contributed by atoms with Crippen LogP contribution in [0.5, 0.6) is 0 Å². The van der Waals surface area contributed by atoms with Crippen LogP contribution < -0.4 is 0 Å². The van der Waals surface area contributed by atoms with Crippen molar-refractivity contribution in [3.05, 3.63) is 0 Å². The predicted octanol–water partition coefficient (Wildman–Crippen LogP) is 2.58. The minimum atomic E-state index is 0.0112. The van der Waals surface area contributed by atoms with Crippen molar-refractivity contribution in [1.29, 1.82) is 0 Å². The Balaban J connectivity index is 2.01. The maximum Gasteiger partial charge on any atom is 0.0622 e. The molecule has 4 rings (SSSR count). The number of hydrogen-bond acceptors (Lipinski definition) is 1. The van der Waals surface area contributed by atoms with E-state index in [0.29, 0.717) is 11.3 Å². The molecule has 5 atom stereocenters. The first-order chi connectivity index (χ1) is 6.01. The molecule has 1 nitrogen and oxygen atoms in total. The lowest BCUT2D eigenvalue weighted by Crippen LogP contribution is -2.57.